The maximum absolute atomic E-state index is 13.2. The van der Waals surface area contributed by atoms with E-state index in [1.165, 1.54) is 18.2 Å². The number of nitrogens with one attached hydrogen (secondary N) is 1. The first kappa shape index (κ1) is 28.4. The van der Waals surface area contributed by atoms with Gasteiger partial charge in [0.25, 0.3) is 5.91 Å². The molecule has 2 N–H and O–H groups in total. The van der Waals surface area contributed by atoms with Crippen molar-refractivity contribution in [2.24, 2.45) is 0 Å². The van der Waals surface area contributed by atoms with Crippen LogP contribution in [0.5, 0.6) is 0 Å². The van der Waals surface area contributed by atoms with Gasteiger partial charge in [0.05, 0.1) is 20.5 Å². The molecule has 0 unspecified atom stereocenters. The molecule has 4 rings (SSSR count). The van der Waals surface area contributed by atoms with Gasteiger partial charge in [-0.25, -0.2) is 13.2 Å². The lowest BCUT2D eigenvalue weighted by Crippen LogP contribution is -2.42. The topological polar surface area (TPSA) is 104 Å². The summed E-state index contributed by atoms with van der Waals surface area (Å²) in [6, 6.07) is 14.0. The number of sulfone groups is 1. The molecule has 1 aliphatic rings. The molecule has 0 fully saturated rings. The van der Waals surface area contributed by atoms with Crippen LogP contribution in [0, 0.1) is 0 Å². The Bertz CT molecular complexity index is 1490. The van der Waals surface area contributed by atoms with Gasteiger partial charge in [-0.2, -0.15) is 0 Å². The maximum Gasteiger partial charge on any atom is 0.326 e. The summed E-state index contributed by atoms with van der Waals surface area (Å²) >= 11 is 19.1. The lowest BCUT2D eigenvalue weighted by Gasteiger charge is -2.30. The molecule has 0 aromatic heterocycles. The van der Waals surface area contributed by atoms with E-state index < -0.39 is 27.8 Å². The van der Waals surface area contributed by atoms with Crippen LogP contribution >= 0.6 is 34.8 Å². The smallest absolute Gasteiger partial charge is 0.326 e. The molecule has 1 aliphatic heterocycles. The summed E-state index contributed by atoms with van der Waals surface area (Å²) in [4.78, 5) is 27.4. The van der Waals surface area contributed by atoms with Gasteiger partial charge in [-0.15, -0.1) is 0 Å². The average molecular weight is 596 g/mol. The summed E-state index contributed by atoms with van der Waals surface area (Å²) in [5.41, 5.74) is 3.30. The molecule has 11 heteroatoms. The number of fused-ring (bicyclic) bond motifs is 1. The molecule has 0 saturated heterocycles. The van der Waals surface area contributed by atoms with Crippen molar-refractivity contribution in [1.82, 2.24) is 10.2 Å². The number of aliphatic carboxylic acids is 1. The molecule has 0 saturated carbocycles. The zero-order valence-electron chi connectivity index (χ0n) is 20.4. The number of hydrogen-bond acceptors (Lipinski definition) is 5. The van der Waals surface area contributed by atoms with Gasteiger partial charge in [-0.05, 0) is 59.0 Å². The zero-order chi connectivity index (χ0) is 27.6. The molecule has 0 radical (unpaired) electrons. The molecular formula is C27H25Cl3N2O5S. The first-order chi connectivity index (χ1) is 17.9. The SMILES string of the molecule is CS(=O)(=O)c1cccc(C[C@H](NC(=O)c2c(Cl)cc3c(c2Cl)CCN(Cc2ccc(Cl)cc2)C3)C(=O)O)c1. The van der Waals surface area contributed by atoms with Gasteiger partial charge < -0.3 is 10.4 Å². The summed E-state index contributed by atoms with van der Waals surface area (Å²) in [6.07, 6.45) is 1.55. The van der Waals surface area contributed by atoms with Crippen molar-refractivity contribution in [1.29, 1.82) is 0 Å². The molecule has 200 valence electrons. The molecule has 3 aromatic carbocycles. The number of carboxylic acids is 1. The van der Waals surface area contributed by atoms with Crippen molar-refractivity contribution >= 4 is 56.5 Å². The van der Waals surface area contributed by atoms with E-state index in [0.29, 0.717) is 30.1 Å². The van der Waals surface area contributed by atoms with Gasteiger partial charge in [-0.3, -0.25) is 9.69 Å². The molecule has 0 spiro atoms. The minimum Gasteiger partial charge on any atom is -0.480 e. The minimum atomic E-state index is -3.47. The summed E-state index contributed by atoms with van der Waals surface area (Å²) in [7, 11) is -3.47. The highest BCUT2D eigenvalue weighted by atomic mass is 35.5. The molecule has 0 aliphatic carbocycles. The van der Waals surface area contributed by atoms with Gasteiger partial charge in [0.15, 0.2) is 9.84 Å². The van der Waals surface area contributed by atoms with Gasteiger partial charge in [-0.1, -0.05) is 59.1 Å². The Hall–Kier alpha value is -2.62. The number of halogens is 3. The number of benzene rings is 3. The molecule has 1 heterocycles. The summed E-state index contributed by atoms with van der Waals surface area (Å²) in [6.45, 7) is 2.02. The first-order valence-electron chi connectivity index (χ1n) is 11.7. The lowest BCUT2D eigenvalue weighted by molar-refractivity contribution is -0.139. The number of carbonyl (C=O) groups excluding carboxylic acids is 1. The van der Waals surface area contributed by atoms with Crippen LogP contribution in [0.3, 0.4) is 0 Å². The predicted molar refractivity (Wildman–Crippen MR) is 148 cm³/mol. The average Bonchev–Trinajstić information content (AvgIpc) is 2.84. The molecule has 0 bridgehead atoms. The molecular weight excluding hydrogens is 571 g/mol. The Morgan fingerprint density at radius 3 is 2.42 bits per heavy atom. The maximum atomic E-state index is 13.2. The van der Waals surface area contributed by atoms with E-state index in [4.69, 9.17) is 34.8 Å². The zero-order valence-corrected chi connectivity index (χ0v) is 23.5. The second-order valence-corrected chi connectivity index (χ2v) is 12.5. The van der Waals surface area contributed by atoms with Crippen molar-refractivity contribution in [3.05, 3.63) is 97.5 Å². The summed E-state index contributed by atoms with van der Waals surface area (Å²) < 4.78 is 23.7. The second-order valence-electron chi connectivity index (χ2n) is 9.26. The predicted octanol–water partition coefficient (Wildman–Crippen LogP) is 5.03. The molecule has 1 amide bonds. The van der Waals surface area contributed by atoms with Gasteiger partial charge in [0, 0.05) is 37.3 Å². The number of carbonyl (C=O) groups is 2. The van der Waals surface area contributed by atoms with E-state index >= 15 is 0 Å². The van der Waals surface area contributed by atoms with E-state index in [0.717, 1.165) is 29.5 Å². The highest BCUT2D eigenvalue weighted by Gasteiger charge is 2.28. The van der Waals surface area contributed by atoms with Crippen LogP contribution in [0.4, 0.5) is 0 Å². The van der Waals surface area contributed by atoms with E-state index in [2.05, 4.69) is 10.2 Å². The summed E-state index contributed by atoms with van der Waals surface area (Å²) in [5.74, 6) is -1.98. The molecule has 7 nitrogen and oxygen atoms in total. The van der Waals surface area contributed by atoms with Crippen LogP contribution in [-0.4, -0.2) is 49.1 Å². The Balaban J connectivity index is 1.51. The van der Waals surface area contributed by atoms with Crippen molar-refractivity contribution < 1.29 is 23.1 Å². The minimum absolute atomic E-state index is 0.0226. The highest BCUT2D eigenvalue weighted by molar-refractivity contribution is 7.90. The Labute approximate surface area is 236 Å². The molecule has 38 heavy (non-hydrogen) atoms. The van der Waals surface area contributed by atoms with E-state index in [9.17, 15) is 23.1 Å². The number of nitrogens with zero attached hydrogens (tertiary/aromatic N) is 1. The van der Waals surface area contributed by atoms with Crippen LogP contribution in [0.25, 0.3) is 0 Å². The second kappa shape index (κ2) is 11.6. The lowest BCUT2D eigenvalue weighted by atomic mass is 9.96. The fraction of sp³-hybridized carbons (Fsp3) is 0.259. The van der Waals surface area contributed by atoms with E-state index in [-0.39, 0.29) is 26.9 Å². The normalized spacial score (nSPS) is 14.5. The van der Waals surface area contributed by atoms with Crippen molar-refractivity contribution in [2.75, 3.05) is 12.8 Å². The fourth-order valence-electron chi connectivity index (χ4n) is 4.47. The molecule has 1 atom stereocenters. The third kappa shape index (κ3) is 6.68. The van der Waals surface area contributed by atoms with Crippen molar-refractivity contribution in [2.45, 2.75) is 36.9 Å². The quantitative estimate of drug-likeness (QED) is 0.378. The molecule has 3 aromatic rings. The number of rotatable bonds is 8. The standard InChI is InChI=1S/C27H25Cl3N2O5S/c1-38(36,37)20-4-2-3-17(11-20)12-23(27(34)35)31-26(33)24-22(29)13-18-15-32(10-9-21(18)25(24)30)14-16-5-7-19(28)8-6-16/h2-8,11,13,23H,9-10,12,14-15H2,1H3,(H,31,33)(H,34,35)/t23-/m0/s1. The largest absolute Gasteiger partial charge is 0.480 e. The van der Waals surface area contributed by atoms with Crippen LogP contribution in [-0.2, 0) is 40.6 Å². The Morgan fingerprint density at radius 2 is 1.76 bits per heavy atom. The number of hydrogen-bond donors (Lipinski definition) is 2. The monoisotopic (exact) mass is 594 g/mol. The van der Waals surface area contributed by atoms with E-state index in [1.807, 2.05) is 24.3 Å². The number of amides is 1. The van der Waals surface area contributed by atoms with Gasteiger partial charge >= 0.3 is 5.97 Å². The van der Waals surface area contributed by atoms with E-state index in [1.54, 1.807) is 12.1 Å². The van der Waals surface area contributed by atoms with Crippen LogP contribution < -0.4 is 5.32 Å². The first-order valence-corrected chi connectivity index (χ1v) is 14.7. The van der Waals surface area contributed by atoms with Crippen LogP contribution in [0.15, 0.2) is 59.5 Å². The van der Waals surface area contributed by atoms with Crippen molar-refractivity contribution in [3.8, 4) is 0 Å². The van der Waals surface area contributed by atoms with Crippen LogP contribution in [0.2, 0.25) is 15.1 Å². The number of carboxylic acid groups (broad SMARTS) is 1. The Kier molecular flexibility index (Phi) is 8.69. The highest BCUT2D eigenvalue weighted by Crippen LogP contribution is 2.35. The van der Waals surface area contributed by atoms with Crippen molar-refractivity contribution in [3.63, 3.8) is 0 Å². The summed E-state index contributed by atoms with van der Waals surface area (Å²) in [5, 5.41) is 13.3. The van der Waals surface area contributed by atoms with Gasteiger partial charge in [0.1, 0.15) is 6.04 Å². The fourth-order valence-corrected chi connectivity index (χ4v) is 6.05. The Morgan fingerprint density at radius 1 is 1.05 bits per heavy atom. The third-order valence-electron chi connectivity index (χ3n) is 6.40. The van der Waals surface area contributed by atoms with Gasteiger partial charge in [0.2, 0.25) is 0 Å². The van der Waals surface area contributed by atoms with Crippen LogP contribution in [0.1, 0.15) is 32.6 Å². The third-order valence-corrected chi connectivity index (χ3v) is 8.48.